The number of nitrogens with one attached hydrogen (secondary N) is 1. The third-order valence-corrected chi connectivity index (χ3v) is 4.80. The van der Waals surface area contributed by atoms with Crippen LogP contribution < -0.4 is 10.1 Å². The molecule has 3 rings (SSSR count). The monoisotopic (exact) mass is 382 g/mol. The second-order valence-electron chi connectivity index (χ2n) is 6.95. The minimum Gasteiger partial charge on any atom is -0.481 e. The number of piperazine rings is 1. The van der Waals surface area contributed by atoms with Crippen molar-refractivity contribution in [1.29, 1.82) is 0 Å². The Morgan fingerprint density at radius 3 is 2.50 bits per heavy atom. The first kappa shape index (κ1) is 20.0. The molecule has 7 heteroatoms. The van der Waals surface area contributed by atoms with Crippen molar-refractivity contribution in [2.75, 3.05) is 45.2 Å². The molecule has 1 amide bonds. The molecular weight excluding hydrogens is 356 g/mol. The lowest BCUT2D eigenvalue weighted by Gasteiger charge is -2.34. The van der Waals surface area contributed by atoms with Crippen molar-refractivity contribution in [3.05, 3.63) is 53.7 Å². The van der Waals surface area contributed by atoms with Crippen LogP contribution in [0.2, 0.25) is 0 Å². The van der Waals surface area contributed by atoms with E-state index in [-0.39, 0.29) is 11.7 Å². The fourth-order valence-corrected chi connectivity index (χ4v) is 3.21. The van der Waals surface area contributed by atoms with E-state index in [4.69, 9.17) is 4.74 Å². The predicted molar refractivity (Wildman–Crippen MR) is 108 cm³/mol. The van der Waals surface area contributed by atoms with Crippen LogP contribution in [0.1, 0.15) is 22.8 Å². The number of ether oxygens (including phenoxy) is 1. The van der Waals surface area contributed by atoms with Crippen molar-refractivity contribution in [3.8, 4) is 5.88 Å². The molecule has 1 N–H and O–H groups in total. The first-order chi connectivity index (χ1) is 13.5. The lowest BCUT2D eigenvalue weighted by molar-refractivity contribution is -0.117. The van der Waals surface area contributed by atoms with Gasteiger partial charge in [-0.2, -0.15) is 0 Å². The van der Waals surface area contributed by atoms with E-state index in [0.717, 1.165) is 38.3 Å². The molecule has 0 atom stereocenters. The summed E-state index contributed by atoms with van der Waals surface area (Å²) in [6.07, 6.45) is 1.84. The highest BCUT2D eigenvalue weighted by Crippen LogP contribution is 2.13. The predicted octanol–water partition coefficient (Wildman–Crippen LogP) is 2.05. The highest BCUT2D eigenvalue weighted by atomic mass is 16.5. The van der Waals surface area contributed by atoms with E-state index in [0.29, 0.717) is 23.7 Å². The maximum absolute atomic E-state index is 12.3. The van der Waals surface area contributed by atoms with Gasteiger partial charge in [0.05, 0.1) is 13.7 Å². The highest BCUT2D eigenvalue weighted by Gasteiger charge is 2.19. The molecule has 1 aliphatic heterocycles. The summed E-state index contributed by atoms with van der Waals surface area (Å²) in [5.74, 6) is 0.543. The number of anilines is 1. The van der Waals surface area contributed by atoms with Gasteiger partial charge in [0.25, 0.3) is 0 Å². The Balaban J connectivity index is 1.44. The van der Waals surface area contributed by atoms with Gasteiger partial charge in [-0.25, -0.2) is 4.98 Å². The van der Waals surface area contributed by atoms with Crippen LogP contribution in [0.3, 0.4) is 0 Å². The summed E-state index contributed by atoms with van der Waals surface area (Å²) in [5, 5.41) is 2.88. The summed E-state index contributed by atoms with van der Waals surface area (Å²) < 4.78 is 5.08. The quantitative estimate of drug-likeness (QED) is 0.739. The summed E-state index contributed by atoms with van der Waals surface area (Å²) in [7, 11) is 1.61. The number of methoxy groups -OCH3 is 1. The molecule has 28 heavy (non-hydrogen) atoms. The van der Waals surface area contributed by atoms with Crippen LogP contribution in [0.25, 0.3) is 0 Å². The van der Waals surface area contributed by atoms with Crippen molar-refractivity contribution >= 4 is 17.4 Å². The third-order valence-electron chi connectivity index (χ3n) is 4.80. The van der Waals surface area contributed by atoms with Crippen molar-refractivity contribution in [2.45, 2.75) is 13.5 Å². The number of carbonyl (C=O) groups excluding carboxylic acids is 2. The van der Waals surface area contributed by atoms with E-state index < -0.39 is 0 Å². The fourth-order valence-electron chi connectivity index (χ4n) is 3.21. The van der Waals surface area contributed by atoms with Crippen molar-refractivity contribution in [1.82, 2.24) is 14.8 Å². The maximum atomic E-state index is 12.3. The van der Waals surface area contributed by atoms with E-state index >= 15 is 0 Å². The first-order valence-electron chi connectivity index (χ1n) is 9.38. The first-order valence-corrected chi connectivity index (χ1v) is 9.38. The standard InChI is InChI=1S/C21H26N4O3/c1-16(26)18-4-3-5-19(12-18)23-20(27)15-25-10-8-24(9-11-25)14-17-6-7-21(28-2)22-13-17/h3-7,12-13H,8-11,14-15H2,1-2H3,(H,23,27). The molecule has 1 aromatic heterocycles. The molecular formula is C21H26N4O3. The van der Waals surface area contributed by atoms with Gasteiger partial charge in [0.1, 0.15) is 0 Å². The van der Waals surface area contributed by atoms with Gasteiger partial charge in [-0.15, -0.1) is 0 Å². The minimum absolute atomic E-state index is 0.0146. The Labute approximate surface area is 165 Å². The van der Waals surface area contributed by atoms with E-state index in [2.05, 4.69) is 20.1 Å². The van der Waals surface area contributed by atoms with E-state index in [1.807, 2.05) is 18.3 Å². The number of ketones is 1. The van der Waals surface area contributed by atoms with Gasteiger partial charge in [-0.3, -0.25) is 19.4 Å². The molecule has 1 aliphatic rings. The van der Waals surface area contributed by atoms with Crippen LogP contribution in [0.4, 0.5) is 5.69 Å². The van der Waals surface area contributed by atoms with Gasteiger partial charge in [0.15, 0.2) is 5.78 Å². The molecule has 1 aromatic carbocycles. The summed E-state index contributed by atoms with van der Waals surface area (Å²) in [5.41, 5.74) is 2.40. The van der Waals surface area contributed by atoms with Crippen LogP contribution in [-0.4, -0.2) is 66.3 Å². The van der Waals surface area contributed by atoms with Crippen molar-refractivity contribution < 1.29 is 14.3 Å². The maximum Gasteiger partial charge on any atom is 0.238 e. The van der Waals surface area contributed by atoms with Gasteiger partial charge in [0.2, 0.25) is 11.8 Å². The number of aromatic nitrogens is 1. The molecule has 0 saturated carbocycles. The van der Waals surface area contributed by atoms with Crippen LogP contribution in [0, 0.1) is 0 Å². The summed E-state index contributed by atoms with van der Waals surface area (Å²) in [4.78, 5) is 32.5. The Hall–Kier alpha value is -2.77. The number of nitrogens with zero attached hydrogens (tertiary/aromatic N) is 3. The lowest BCUT2D eigenvalue weighted by atomic mass is 10.1. The number of benzene rings is 1. The molecule has 0 aliphatic carbocycles. The fraction of sp³-hybridized carbons (Fsp3) is 0.381. The number of Topliss-reactive ketones (excluding diaryl/α,β-unsaturated/α-hetero) is 1. The Kier molecular flexibility index (Phi) is 6.73. The molecule has 0 radical (unpaired) electrons. The second kappa shape index (κ2) is 9.43. The van der Waals surface area contributed by atoms with Crippen LogP contribution in [0.15, 0.2) is 42.6 Å². The van der Waals surface area contributed by atoms with Gasteiger partial charge in [-0.05, 0) is 24.6 Å². The molecule has 7 nitrogen and oxygen atoms in total. The normalized spacial score (nSPS) is 15.2. The summed E-state index contributed by atoms with van der Waals surface area (Å²) in [6.45, 7) is 6.19. The van der Waals surface area contributed by atoms with Gasteiger partial charge >= 0.3 is 0 Å². The number of hydrogen-bond acceptors (Lipinski definition) is 6. The van der Waals surface area contributed by atoms with E-state index in [9.17, 15) is 9.59 Å². The van der Waals surface area contributed by atoms with Crippen molar-refractivity contribution in [3.63, 3.8) is 0 Å². The molecule has 2 heterocycles. The number of pyridine rings is 1. The number of rotatable bonds is 7. The van der Waals surface area contributed by atoms with Gasteiger partial charge in [0, 0.05) is 56.2 Å². The van der Waals surface area contributed by atoms with E-state index in [1.165, 1.54) is 6.92 Å². The molecule has 1 saturated heterocycles. The zero-order valence-corrected chi connectivity index (χ0v) is 16.4. The number of carbonyl (C=O) groups is 2. The Bertz CT molecular complexity index is 815. The number of hydrogen-bond donors (Lipinski definition) is 1. The summed E-state index contributed by atoms with van der Waals surface area (Å²) >= 11 is 0. The average molecular weight is 382 g/mol. The highest BCUT2D eigenvalue weighted by molar-refractivity contribution is 5.97. The van der Waals surface area contributed by atoms with Gasteiger partial charge < -0.3 is 10.1 Å². The molecule has 1 fully saturated rings. The molecule has 148 valence electrons. The molecule has 0 bridgehead atoms. The lowest BCUT2D eigenvalue weighted by Crippen LogP contribution is -2.48. The Morgan fingerprint density at radius 1 is 1.11 bits per heavy atom. The van der Waals surface area contributed by atoms with Crippen LogP contribution in [0.5, 0.6) is 5.88 Å². The van der Waals surface area contributed by atoms with E-state index in [1.54, 1.807) is 31.4 Å². The molecule has 2 aromatic rings. The largest absolute Gasteiger partial charge is 0.481 e. The zero-order valence-electron chi connectivity index (χ0n) is 16.4. The zero-order chi connectivity index (χ0) is 19.9. The number of amides is 1. The van der Waals surface area contributed by atoms with Crippen molar-refractivity contribution in [2.24, 2.45) is 0 Å². The summed E-state index contributed by atoms with van der Waals surface area (Å²) in [6, 6.07) is 10.9. The Morgan fingerprint density at radius 2 is 1.86 bits per heavy atom. The SMILES string of the molecule is COc1ccc(CN2CCN(CC(=O)Nc3cccc(C(C)=O)c3)CC2)cn1. The topological polar surface area (TPSA) is 74.8 Å². The van der Waals surface area contributed by atoms with Crippen LogP contribution in [-0.2, 0) is 11.3 Å². The minimum atomic E-state index is -0.0616. The van der Waals surface area contributed by atoms with Crippen LogP contribution >= 0.6 is 0 Å². The molecule has 0 unspecified atom stereocenters. The second-order valence-corrected chi connectivity index (χ2v) is 6.95. The molecule has 0 spiro atoms. The van der Waals surface area contributed by atoms with Gasteiger partial charge in [-0.1, -0.05) is 18.2 Å². The smallest absolute Gasteiger partial charge is 0.238 e. The third kappa shape index (κ3) is 5.61. The average Bonchev–Trinajstić information content (AvgIpc) is 2.70.